The smallest absolute Gasteiger partial charge is 0.237 e. The highest BCUT2D eigenvalue weighted by atomic mass is 32.2. The average molecular weight is 419 g/mol. The normalized spacial score (nSPS) is 27.0. The molecular weight excluding hydrogens is 388 g/mol. The van der Waals surface area contributed by atoms with E-state index in [4.69, 9.17) is 4.74 Å². The summed E-state index contributed by atoms with van der Waals surface area (Å²) in [6.45, 7) is 3.16. The number of amides is 1. The molecule has 0 aromatic heterocycles. The molecule has 3 heterocycles. The lowest BCUT2D eigenvalue weighted by Gasteiger charge is -2.33. The van der Waals surface area contributed by atoms with Crippen LogP contribution in [-0.2, 0) is 19.4 Å². The van der Waals surface area contributed by atoms with Crippen LogP contribution in [0.4, 0.5) is 0 Å². The molecule has 1 aromatic rings. The van der Waals surface area contributed by atoms with Gasteiger partial charge in [0.25, 0.3) is 0 Å². The van der Waals surface area contributed by atoms with Crippen LogP contribution in [0.3, 0.4) is 0 Å². The zero-order chi connectivity index (χ0) is 20.3. The van der Waals surface area contributed by atoms with Crippen LogP contribution in [-0.4, -0.2) is 80.6 Å². The van der Waals surface area contributed by atoms with E-state index in [9.17, 15) is 13.2 Å². The molecule has 158 valence electrons. The molecule has 2 unspecified atom stereocenters. The van der Waals surface area contributed by atoms with Gasteiger partial charge in [0.1, 0.15) is 0 Å². The maximum atomic E-state index is 13.2. The minimum atomic E-state index is -3.04. The van der Waals surface area contributed by atoms with E-state index in [1.807, 2.05) is 18.2 Å². The van der Waals surface area contributed by atoms with Gasteiger partial charge >= 0.3 is 0 Å². The van der Waals surface area contributed by atoms with Gasteiger partial charge in [-0.15, -0.1) is 0 Å². The summed E-state index contributed by atoms with van der Waals surface area (Å²) in [6.07, 6.45) is 5.65. The summed E-state index contributed by atoms with van der Waals surface area (Å²) in [5.74, 6) is 0.294. The Morgan fingerprint density at radius 2 is 2.03 bits per heavy atom. The molecule has 2 atom stereocenters. The van der Waals surface area contributed by atoms with Crippen molar-refractivity contribution in [3.8, 4) is 0 Å². The molecule has 2 fully saturated rings. The van der Waals surface area contributed by atoms with E-state index >= 15 is 0 Å². The van der Waals surface area contributed by atoms with Crippen molar-refractivity contribution >= 4 is 21.3 Å². The molecule has 4 rings (SSSR count). The summed E-state index contributed by atoms with van der Waals surface area (Å²) in [5.41, 5.74) is 2.57. The van der Waals surface area contributed by atoms with Gasteiger partial charge in [-0.2, -0.15) is 0 Å². The lowest BCUT2D eigenvalue weighted by Crippen LogP contribution is -2.49. The Bertz CT molecular complexity index is 847. The monoisotopic (exact) mass is 418 g/mol. The first-order chi connectivity index (χ1) is 14.0. The van der Waals surface area contributed by atoms with Crippen LogP contribution in [0.15, 0.2) is 36.4 Å². The van der Waals surface area contributed by atoms with Crippen molar-refractivity contribution in [3.63, 3.8) is 0 Å². The number of rotatable bonds is 6. The highest BCUT2D eigenvalue weighted by Gasteiger charge is 2.36. The number of nitrogens with zero attached hydrogens (tertiary/aromatic N) is 2. The van der Waals surface area contributed by atoms with E-state index in [0.717, 1.165) is 39.0 Å². The van der Waals surface area contributed by atoms with E-state index in [1.165, 1.54) is 11.1 Å². The minimum Gasteiger partial charge on any atom is -0.376 e. The van der Waals surface area contributed by atoms with Crippen LogP contribution in [0.5, 0.6) is 0 Å². The van der Waals surface area contributed by atoms with Crippen molar-refractivity contribution in [1.82, 2.24) is 9.80 Å². The molecule has 6 nitrogen and oxygen atoms in total. The number of hydrogen-bond donors (Lipinski definition) is 0. The highest BCUT2D eigenvalue weighted by Crippen LogP contribution is 2.24. The van der Waals surface area contributed by atoms with Crippen molar-refractivity contribution in [2.24, 2.45) is 0 Å². The van der Waals surface area contributed by atoms with Crippen LogP contribution in [0.2, 0.25) is 0 Å². The third-order valence-corrected chi connectivity index (χ3v) is 7.94. The van der Waals surface area contributed by atoms with E-state index in [2.05, 4.69) is 23.1 Å². The van der Waals surface area contributed by atoms with Gasteiger partial charge in [0.05, 0.1) is 24.2 Å². The number of hydrogen-bond acceptors (Lipinski definition) is 5. The summed E-state index contributed by atoms with van der Waals surface area (Å²) < 4.78 is 29.7. The number of carbonyl (C=O) groups is 1. The molecule has 0 spiro atoms. The Hall–Kier alpha value is -1.70. The third-order valence-electron chi connectivity index (χ3n) is 6.19. The minimum absolute atomic E-state index is 0.0270. The summed E-state index contributed by atoms with van der Waals surface area (Å²) in [6, 6.07) is 10.1. The topological polar surface area (TPSA) is 66.9 Å². The van der Waals surface area contributed by atoms with Gasteiger partial charge in [0, 0.05) is 32.3 Å². The Morgan fingerprint density at radius 3 is 2.66 bits per heavy atom. The molecule has 0 radical (unpaired) electrons. The van der Waals surface area contributed by atoms with E-state index < -0.39 is 9.84 Å². The third kappa shape index (κ3) is 5.27. The fourth-order valence-corrected chi connectivity index (χ4v) is 6.27. The standard InChI is InChI=1S/C22H30N2O4S/c25-22(16-23-11-8-19(9-12-23)18-5-2-1-3-6-18)24(15-21-7-4-13-28-21)20-10-14-29(26,27)17-20/h1-3,5-6,8,20-21H,4,7,9-17H2. The van der Waals surface area contributed by atoms with Crippen LogP contribution < -0.4 is 0 Å². The molecule has 3 aliphatic heterocycles. The van der Waals surface area contributed by atoms with Gasteiger partial charge in [-0.3, -0.25) is 9.69 Å². The lowest BCUT2D eigenvalue weighted by atomic mass is 9.99. The molecule has 2 saturated heterocycles. The van der Waals surface area contributed by atoms with E-state index in [1.54, 1.807) is 4.90 Å². The van der Waals surface area contributed by atoms with Gasteiger partial charge in [-0.05, 0) is 36.8 Å². The van der Waals surface area contributed by atoms with Gasteiger partial charge in [-0.25, -0.2) is 8.42 Å². The largest absolute Gasteiger partial charge is 0.376 e. The summed E-state index contributed by atoms with van der Waals surface area (Å²) in [4.78, 5) is 17.1. The second kappa shape index (κ2) is 8.98. The lowest BCUT2D eigenvalue weighted by molar-refractivity contribution is -0.136. The Morgan fingerprint density at radius 1 is 1.21 bits per heavy atom. The number of ether oxygens (including phenoxy) is 1. The molecule has 0 N–H and O–H groups in total. The van der Waals surface area contributed by atoms with Crippen LogP contribution >= 0.6 is 0 Å². The summed E-state index contributed by atoms with van der Waals surface area (Å²) in [7, 11) is -3.04. The van der Waals surface area contributed by atoms with Crippen molar-refractivity contribution in [2.45, 2.75) is 37.8 Å². The quantitative estimate of drug-likeness (QED) is 0.707. The zero-order valence-corrected chi connectivity index (χ0v) is 17.6. The predicted molar refractivity (Wildman–Crippen MR) is 113 cm³/mol. The summed E-state index contributed by atoms with van der Waals surface area (Å²) >= 11 is 0. The first kappa shape index (κ1) is 20.6. The Balaban J connectivity index is 1.39. The van der Waals surface area contributed by atoms with Crippen LogP contribution in [0.25, 0.3) is 5.57 Å². The number of sulfone groups is 1. The van der Waals surface area contributed by atoms with Crippen molar-refractivity contribution in [3.05, 3.63) is 42.0 Å². The van der Waals surface area contributed by atoms with E-state index in [0.29, 0.717) is 19.5 Å². The molecule has 0 bridgehead atoms. The summed E-state index contributed by atoms with van der Waals surface area (Å²) in [5, 5.41) is 0. The number of carbonyl (C=O) groups excluding carboxylic acids is 1. The van der Waals surface area contributed by atoms with Gasteiger partial charge in [0.2, 0.25) is 5.91 Å². The van der Waals surface area contributed by atoms with Crippen molar-refractivity contribution in [1.29, 1.82) is 0 Å². The molecule has 0 aliphatic carbocycles. The SMILES string of the molecule is O=C(CN1CC=C(c2ccccc2)CC1)N(CC1CCCO1)C1CCS(=O)(=O)C1. The molecule has 3 aliphatic rings. The highest BCUT2D eigenvalue weighted by molar-refractivity contribution is 7.91. The molecule has 29 heavy (non-hydrogen) atoms. The Kier molecular flexibility index (Phi) is 6.37. The molecule has 0 saturated carbocycles. The number of benzene rings is 1. The molecule has 1 aromatic carbocycles. The van der Waals surface area contributed by atoms with Gasteiger partial charge in [-0.1, -0.05) is 36.4 Å². The molecule has 7 heteroatoms. The van der Waals surface area contributed by atoms with Crippen LogP contribution in [0.1, 0.15) is 31.2 Å². The zero-order valence-electron chi connectivity index (χ0n) is 16.8. The molecule has 1 amide bonds. The van der Waals surface area contributed by atoms with E-state index in [-0.39, 0.29) is 29.6 Å². The van der Waals surface area contributed by atoms with Crippen LogP contribution in [0, 0.1) is 0 Å². The second-order valence-electron chi connectivity index (χ2n) is 8.32. The fourth-order valence-electron chi connectivity index (χ4n) is 4.53. The fraction of sp³-hybridized carbons (Fsp3) is 0.591. The van der Waals surface area contributed by atoms with Gasteiger partial charge < -0.3 is 9.64 Å². The van der Waals surface area contributed by atoms with Gasteiger partial charge in [0.15, 0.2) is 9.84 Å². The Labute approximate surface area is 173 Å². The first-order valence-corrected chi connectivity index (χ1v) is 12.4. The van der Waals surface area contributed by atoms with Crippen molar-refractivity contribution < 1.29 is 17.9 Å². The predicted octanol–water partition coefficient (Wildman–Crippen LogP) is 1.97. The maximum Gasteiger partial charge on any atom is 0.237 e. The maximum absolute atomic E-state index is 13.2. The molecular formula is C22H30N2O4S. The first-order valence-electron chi connectivity index (χ1n) is 10.6. The van der Waals surface area contributed by atoms with Crippen molar-refractivity contribution in [2.75, 3.05) is 44.3 Å². The average Bonchev–Trinajstić information content (AvgIpc) is 3.36. The second-order valence-corrected chi connectivity index (χ2v) is 10.5.